The second kappa shape index (κ2) is 17.0. The van der Waals surface area contributed by atoms with E-state index in [0.717, 1.165) is 12.8 Å². The standard InChI is InChI=1S/C19H38N2O4.C2H6/c1-7-19(5,6)9-12-25-16(4)14-18(23)20-10-13-24-11-8-17(22)21-15(2)3;1-2/h15-16H,7-14H2,1-6H3,(H,20,23)(H,21,22);1-2H3. The highest BCUT2D eigenvalue weighted by Gasteiger charge is 2.16. The Bertz CT molecular complexity index is 384. The van der Waals surface area contributed by atoms with Crippen molar-refractivity contribution >= 4 is 11.8 Å². The lowest BCUT2D eigenvalue weighted by atomic mass is 9.87. The van der Waals surface area contributed by atoms with Gasteiger partial charge in [-0.2, -0.15) is 0 Å². The van der Waals surface area contributed by atoms with Gasteiger partial charge in [0.15, 0.2) is 0 Å². The molecule has 0 aromatic rings. The van der Waals surface area contributed by atoms with Crippen molar-refractivity contribution in [2.45, 2.75) is 93.2 Å². The van der Waals surface area contributed by atoms with Crippen LogP contribution in [0.2, 0.25) is 0 Å². The smallest absolute Gasteiger partial charge is 0.222 e. The molecule has 2 amide bonds. The van der Waals surface area contributed by atoms with E-state index in [1.807, 2.05) is 34.6 Å². The summed E-state index contributed by atoms with van der Waals surface area (Å²) in [6, 6.07) is 0.143. The molecule has 0 aromatic heterocycles. The molecule has 0 radical (unpaired) electrons. The molecule has 0 aromatic carbocycles. The Kier molecular flexibility index (Phi) is 17.7. The maximum absolute atomic E-state index is 11.8. The third-order valence-electron chi connectivity index (χ3n) is 4.10. The van der Waals surface area contributed by atoms with Crippen molar-refractivity contribution in [1.82, 2.24) is 10.6 Å². The summed E-state index contributed by atoms with van der Waals surface area (Å²) in [6.07, 6.45) is 2.71. The number of hydrogen-bond donors (Lipinski definition) is 2. The SMILES string of the molecule is CC.CCC(C)(C)CCOC(C)CC(=O)NCCOCCC(=O)NC(C)C. The molecule has 0 bridgehead atoms. The van der Waals surface area contributed by atoms with Crippen LogP contribution in [0.15, 0.2) is 0 Å². The first-order valence-corrected chi connectivity index (χ1v) is 10.4. The van der Waals surface area contributed by atoms with Crippen LogP contribution in [0.5, 0.6) is 0 Å². The molecule has 6 nitrogen and oxygen atoms in total. The Hall–Kier alpha value is -1.14. The van der Waals surface area contributed by atoms with Gasteiger partial charge in [-0.15, -0.1) is 0 Å². The van der Waals surface area contributed by atoms with Gasteiger partial charge < -0.3 is 20.1 Å². The van der Waals surface area contributed by atoms with E-state index in [-0.39, 0.29) is 29.4 Å². The van der Waals surface area contributed by atoms with E-state index in [1.165, 1.54) is 0 Å². The van der Waals surface area contributed by atoms with E-state index in [9.17, 15) is 9.59 Å². The largest absolute Gasteiger partial charge is 0.379 e. The summed E-state index contributed by atoms with van der Waals surface area (Å²) in [5.41, 5.74) is 0.283. The van der Waals surface area contributed by atoms with Crippen molar-refractivity contribution in [3.63, 3.8) is 0 Å². The van der Waals surface area contributed by atoms with E-state index in [1.54, 1.807) is 0 Å². The molecule has 27 heavy (non-hydrogen) atoms. The topological polar surface area (TPSA) is 76.7 Å². The maximum atomic E-state index is 11.8. The van der Waals surface area contributed by atoms with E-state index in [4.69, 9.17) is 9.47 Å². The van der Waals surface area contributed by atoms with Crippen molar-refractivity contribution in [3.8, 4) is 0 Å². The molecule has 2 N–H and O–H groups in total. The second-order valence-electron chi connectivity index (χ2n) is 7.59. The van der Waals surface area contributed by atoms with E-state index in [2.05, 4.69) is 31.4 Å². The van der Waals surface area contributed by atoms with Crippen molar-refractivity contribution < 1.29 is 19.1 Å². The third kappa shape index (κ3) is 19.4. The third-order valence-corrected chi connectivity index (χ3v) is 4.10. The monoisotopic (exact) mass is 388 g/mol. The molecule has 0 spiro atoms. The Morgan fingerprint density at radius 1 is 1.00 bits per heavy atom. The van der Waals surface area contributed by atoms with Crippen LogP contribution >= 0.6 is 0 Å². The van der Waals surface area contributed by atoms with Crippen LogP contribution in [-0.2, 0) is 19.1 Å². The van der Waals surface area contributed by atoms with Gasteiger partial charge in [0.2, 0.25) is 11.8 Å². The molecule has 0 fully saturated rings. The Morgan fingerprint density at radius 3 is 2.19 bits per heavy atom. The summed E-state index contributed by atoms with van der Waals surface area (Å²) < 4.78 is 11.1. The predicted molar refractivity (Wildman–Crippen MR) is 112 cm³/mol. The van der Waals surface area contributed by atoms with Gasteiger partial charge in [0, 0.05) is 25.6 Å². The van der Waals surface area contributed by atoms with Gasteiger partial charge in [0.05, 0.1) is 25.7 Å². The molecular formula is C21H44N2O4. The lowest BCUT2D eigenvalue weighted by molar-refractivity contribution is -0.125. The van der Waals surface area contributed by atoms with Crippen LogP contribution in [0.1, 0.15) is 81.1 Å². The van der Waals surface area contributed by atoms with Gasteiger partial charge >= 0.3 is 0 Å². The fourth-order valence-electron chi connectivity index (χ4n) is 2.03. The molecular weight excluding hydrogens is 344 g/mol. The zero-order chi connectivity index (χ0) is 21.3. The highest BCUT2D eigenvalue weighted by molar-refractivity contribution is 5.76. The van der Waals surface area contributed by atoms with Gasteiger partial charge in [0.1, 0.15) is 0 Å². The number of carbonyl (C=O) groups excluding carboxylic acids is 2. The first-order chi connectivity index (χ1) is 12.7. The van der Waals surface area contributed by atoms with E-state index < -0.39 is 0 Å². The van der Waals surface area contributed by atoms with Crippen LogP contribution in [0.3, 0.4) is 0 Å². The minimum Gasteiger partial charge on any atom is -0.379 e. The quantitative estimate of drug-likeness (QED) is 0.445. The molecule has 0 saturated heterocycles. The number of carbonyl (C=O) groups is 2. The van der Waals surface area contributed by atoms with Crippen LogP contribution in [0, 0.1) is 5.41 Å². The van der Waals surface area contributed by atoms with Gasteiger partial charge in [-0.1, -0.05) is 41.0 Å². The number of amides is 2. The number of nitrogens with one attached hydrogen (secondary N) is 2. The predicted octanol–water partition coefficient (Wildman–Crippen LogP) is 3.68. The highest BCUT2D eigenvalue weighted by Crippen LogP contribution is 2.24. The molecule has 0 heterocycles. The molecule has 1 unspecified atom stereocenters. The average Bonchev–Trinajstić information content (AvgIpc) is 2.58. The van der Waals surface area contributed by atoms with Crippen LogP contribution in [-0.4, -0.2) is 50.3 Å². The molecule has 1 atom stereocenters. The summed E-state index contributed by atoms with van der Waals surface area (Å²) in [7, 11) is 0. The minimum absolute atomic E-state index is 0.0174. The van der Waals surface area contributed by atoms with Gasteiger partial charge in [0.25, 0.3) is 0 Å². The van der Waals surface area contributed by atoms with Crippen LogP contribution in [0.4, 0.5) is 0 Å². The zero-order valence-corrected chi connectivity index (χ0v) is 18.9. The number of rotatable bonds is 14. The summed E-state index contributed by atoms with van der Waals surface area (Å²) in [5.74, 6) is -0.0559. The Balaban J connectivity index is 0. The molecule has 162 valence electrons. The Morgan fingerprint density at radius 2 is 1.63 bits per heavy atom. The second-order valence-corrected chi connectivity index (χ2v) is 7.59. The fourth-order valence-corrected chi connectivity index (χ4v) is 2.03. The van der Waals surface area contributed by atoms with Gasteiger partial charge in [-0.25, -0.2) is 0 Å². The van der Waals surface area contributed by atoms with Crippen molar-refractivity contribution in [1.29, 1.82) is 0 Å². The molecule has 0 saturated carbocycles. The molecule has 6 heteroatoms. The first kappa shape index (κ1) is 28.1. The van der Waals surface area contributed by atoms with Crippen molar-refractivity contribution in [2.75, 3.05) is 26.4 Å². The maximum Gasteiger partial charge on any atom is 0.222 e. The summed E-state index contributed by atoms with van der Waals surface area (Å²) in [5, 5.41) is 5.61. The minimum atomic E-state index is -0.0895. The van der Waals surface area contributed by atoms with Crippen molar-refractivity contribution in [3.05, 3.63) is 0 Å². The summed E-state index contributed by atoms with van der Waals surface area (Å²) in [6.45, 7) is 18.3. The normalized spacial score (nSPS) is 12.2. The summed E-state index contributed by atoms with van der Waals surface area (Å²) >= 11 is 0. The van der Waals surface area contributed by atoms with Gasteiger partial charge in [-0.3, -0.25) is 9.59 Å². The number of ether oxygens (including phenoxy) is 2. The van der Waals surface area contributed by atoms with E-state index >= 15 is 0 Å². The van der Waals surface area contributed by atoms with Crippen molar-refractivity contribution in [2.24, 2.45) is 5.41 Å². The lowest BCUT2D eigenvalue weighted by Gasteiger charge is -2.23. The Labute approximate surface area is 167 Å². The lowest BCUT2D eigenvalue weighted by Crippen LogP contribution is -2.32. The first-order valence-electron chi connectivity index (χ1n) is 10.4. The average molecular weight is 389 g/mol. The van der Waals surface area contributed by atoms with E-state index in [0.29, 0.717) is 39.2 Å². The molecule has 0 rings (SSSR count). The van der Waals surface area contributed by atoms with Crippen LogP contribution < -0.4 is 10.6 Å². The molecule has 0 aliphatic rings. The van der Waals surface area contributed by atoms with Gasteiger partial charge in [-0.05, 0) is 32.6 Å². The fraction of sp³-hybridized carbons (Fsp3) is 0.905. The number of hydrogen-bond acceptors (Lipinski definition) is 4. The zero-order valence-electron chi connectivity index (χ0n) is 18.9. The molecule has 0 aliphatic carbocycles. The summed E-state index contributed by atoms with van der Waals surface area (Å²) in [4.78, 5) is 23.2. The highest BCUT2D eigenvalue weighted by atomic mass is 16.5. The molecule has 0 aliphatic heterocycles. The van der Waals surface area contributed by atoms with Crippen LogP contribution in [0.25, 0.3) is 0 Å².